The van der Waals surface area contributed by atoms with E-state index in [-0.39, 0.29) is 42.2 Å². The number of methoxy groups -OCH3 is 1. The number of amides is 1. The Labute approximate surface area is 179 Å². The minimum absolute atomic E-state index is 0.00934. The van der Waals surface area contributed by atoms with Crippen molar-refractivity contribution in [2.24, 2.45) is 0 Å². The number of carboxylic acid groups (broad SMARTS) is 1. The van der Waals surface area contributed by atoms with Crippen molar-refractivity contribution in [2.75, 3.05) is 13.7 Å². The van der Waals surface area contributed by atoms with Gasteiger partial charge in [-0.1, -0.05) is 35.9 Å². The van der Waals surface area contributed by atoms with Crippen molar-refractivity contribution in [3.63, 3.8) is 0 Å². The minimum Gasteiger partial charge on any atom is -0.507 e. The van der Waals surface area contributed by atoms with E-state index in [2.05, 4.69) is 0 Å². The first-order chi connectivity index (χ1) is 14.7. The van der Waals surface area contributed by atoms with Gasteiger partial charge in [-0.15, -0.1) is 0 Å². The van der Waals surface area contributed by atoms with Crippen LogP contribution in [0, 0.1) is 6.92 Å². The van der Waals surface area contributed by atoms with E-state index in [0.29, 0.717) is 11.1 Å². The first kappa shape index (κ1) is 21.9. The smallest absolute Gasteiger partial charge is 0.303 e. The lowest BCUT2D eigenvalue weighted by Gasteiger charge is -2.25. The Morgan fingerprint density at radius 1 is 1.10 bits per heavy atom. The fraction of sp³-hybridized carbons (Fsp3) is 0.261. The molecule has 2 aromatic carbocycles. The molecule has 0 radical (unpaired) electrons. The number of carbonyl (C=O) groups excluding carboxylic acids is 2. The van der Waals surface area contributed by atoms with Crippen LogP contribution in [0.5, 0.6) is 11.5 Å². The largest absolute Gasteiger partial charge is 0.507 e. The van der Waals surface area contributed by atoms with Crippen molar-refractivity contribution < 1.29 is 34.4 Å². The molecule has 162 valence electrons. The van der Waals surface area contributed by atoms with Crippen LogP contribution in [-0.2, 0) is 14.4 Å². The lowest BCUT2D eigenvalue weighted by molar-refractivity contribution is -0.140. The number of ether oxygens (including phenoxy) is 1. The number of ketones is 1. The van der Waals surface area contributed by atoms with E-state index in [4.69, 9.17) is 9.84 Å². The fourth-order valence-corrected chi connectivity index (χ4v) is 3.59. The molecule has 1 aliphatic rings. The molecule has 1 amide bonds. The normalized spacial score (nSPS) is 17.7. The molecule has 8 nitrogen and oxygen atoms in total. The van der Waals surface area contributed by atoms with E-state index in [9.17, 15) is 24.6 Å². The average molecular weight is 425 g/mol. The highest BCUT2D eigenvalue weighted by atomic mass is 16.5. The lowest BCUT2D eigenvalue weighted by Crippen LogP contribution is -2.31. The van der Waals surface area contributed by atoms with E-state index in [1.165, 1.54) is 30.2 Å². The molecule has 2 aromatic rings. The number of aliphatic hydroxyl groups is 1. The van der Waals surface area contributed by atoms with E-state index in [1.54, 1.807) is 24.3 Å². The quantitative estimate of drug-likeness (QED) is 0.354. The number of nitrogens with zero attached hydrogens (tertiary/aromatic N) is 1. The van der Waals surface area contributed by atoms with Crippen LogP contribution in [-0.4, -0.2) is 51.5 Å². The van der Waals surface area contributed by atoms with Gasteiger partial charge < -0.3 is 25.0 Å². The molecule has 0 saturated carbocycles. The molecule has 1 heterocycles. The Morgan fingerprint density at radius 2 is 1.77 bits per heavy atom. The second-order valence-electron chi connectivity index (χ2n) is 7.29. The third-order valence-electron chi connectivity index (χ3n) is 5.17. The van der Waals surface area contributed by atoms with E-state index >= 15 is 0 Å². The third-order valence-corrected chi connectivity index (χ3v) is 5.17. The highest BCUT2D eigenvalue weighted by Gasteiger charge is 2.46. The van der Waals surface area contributed by atoms with Crippen LogP contribution in [0.15, 0.2) is 48.0 Å². The summed E-state index contributed by atoms with van der Waals surface area (Å²) in [7, 11) is 1.37. The number of carboxylic acids is 1. The van der Waals surface area contributed by atoms with Crippen molar-refractivity contribution in [2.45, 2.75) is 25.8 Å². The van der Waals surface area contributed by atoms with Crippen LogP contribution >= 0.6 is 0 Å². The predicted molar refractivity (Wildman–Crippen MR) is 112 cm³/mol. The summed E-state index contributed by atoms with van der Waals surface area (Å²) in [5.74, 6) is -2.99. The summed E-state index contributed by atoms with van der Waals surface area (Å²) in [5.41, 5.74) is 1.69. The van der Waals surface area contributed by atoms with Crippen molar-refractivity contribution in [3.8, 4) is 11.5 Å². The number of aliphatic carboxylic acids is 1. The summed E-state index contributed by atoms with van der Waals surface area (Å²) >= 11 is 0. The maximum Gasteiger partial charge on any atom is 0.303 e. The van der Waals surface area contributed by atoms with Gasteiger partial charge in [-0.2, -0.15) is 0 Å². The number of aliphatic hydroxyl groups excluding tert-OH is 1. The maximum atomic E-state index is 12.9. The monoisotopic (exact) mass is 425 g/mol. The molecule has 0 spiro atoms. The number of aryl methyl sites for hydroxylation is 1. The number of rotatable bonds is 7. The molecule has 1 aliphatic heterocycles. The molecule has 3 N–H and O–H groups in total. The summed E-state index contributed by atoms with van der Waals surface area (Å²) in [4.78, 5) is 37.8. The van der Waals surface area contributed by atoms with Crippen LogP contribution in [0.3, 0.4) is 0 Å². The summed E-state index contributed by atoms with van der Waals surface area (Å²) in [6.45, 7) is 1.89. The number of likely N-dealkylation sites (tertiary alicyclic amines) is 1. The van der Waals surface area contributed by atoms with Crippen LogP contribution in [0.1, 0.15) is 35.6 Å². The summed E-state index contributed by atoms with van der Waals surface area (Å²) < 4.78 is 5.15. The molecule has 0 unspecified atom stereocenters. The van der Waals surface area contributed by atoms with Crippen LogP contribution < -0.4 is 4.74 Å². The van der Waals surface area contributed by atoms with Gasteiger partial charge in [0.05, 0.1) is 18.7 Å². The zero-order chi connectivity index (χ0) is 22.7. The van der Waals surface area contributed by atoms with Crippen molar-refractivity contribution in [1.82, 2.24) is 4.90 Å². The second kappa shape index (κ2) is 8.91. The molecule has 0 aromatic heterocycles. The number of phenols is 1. The fourth-order valence-electron chi connectivity index (χ4n) is 3.59. The van der Waals surface area contributed by atoms with Gasteiger partial charge in [0.15, 0.2) is 11.5 Å². The first-order valence-electron chi connectivity index (χ1n) is 9.68. The lowest BCUT2D eigenvalue weighted by atomic mass is 9.94. The second-order valence-corrected chi connectivity index (χ2v) is 7.29. The zero-order valence-corrected chi connectivity index (χ0v) is 17.2. The number of phenolic OH excluding ortho intramolecular Hbond substituents is 1. The predicted octanol–water partition coefficient (Wildman–Crippen LogP) is 3.00. The summed E-state index contributed by atoms with van der Waals surface area (Å²) in [6.07, 6.45) is -0.0365. The Bertz CT molecular complexity index is 1060. The maximum absolute atomic E-state index is 12.9. The Morgan fingerprint density at radius 3 is 2.39 bits per heavy atom. The number of carbonyl (C=O) groups is 3. The summed E-state index contributed by atoms with van der Waals surface area (Å²) in [6, 6.07) is 10.3. The topological polar surface area (TPSA) is 124 Å². The standard InChI is InChI=1S/C23H23NO7/c1-13-5-7-14(8-6-13)21(28)19-20(15-9-10-16(25)17(12-15)31-2)24(23(30)22(19)29)11-3-4-18(26)27/h5-10,12,20,25,28H,3-4,11H2,1-2H3,(H,26,27)/b21-19+/t20-/m0/s1. The SMILES string of the molecule is COc1cc([C@H]2/C(=C(\O)c3ccc(C)cc3)C(=O)C(=O)N2CCCC(=O)O)ccc1O. The molecular weight excluding hydrogens is 402 g/mol. The Hall–Kier alpha value is -3.81. The van der Waals surface area contributed by atoms with Crippen LogP contribution in [0.4, 0.5) is 0 Å². The van der Waals surface area contributed by atoms with Gasteiger partial charge in [-0.3, -0.25) is 14.4 Å². The molecular formula is C23H23NO7. The number of benzene rings is 2. The molecule has 8 heteroatoms. The van der Waals surface area contributed by atoms with E-state index in [1.807, 2.05) is 6.92 Å². The van der Waals surface area contributed by atoms with Gasteiger partial charge in [-0.05, 0) is 31.0 Å². The molecule has 3 rings (SSSR count). The van der Waals surface area contributed by atoms with Gasteiger partial charge in [-0.25, -0.2) is 0 Å². The summed E-state index contributed by atoms with van der Waals surface area (Å²) in [5, 5.41) is 29.8. The van der Waals surface area contributed by atoms with Crippen LogP contribution in [0.25, 0.3) is 5.76 Å². The van der Waals surface area contributed by atoms with Gasteiger partial charge in [0.1, 0.15) is 5.76 Å². The van der Waals surface area contributed by atoms with E-state index < -0.39 is 23.7 Å². The number of hydrogen-bond acceptors (Lipinski definition) is 6. The molecule has 1 fully saturated rings. The number of Topliss-reactive ketones (excluding diaryl/α,β-unsaturated/α-hetero) is 1. The van der Waals surface area contributed by atoms with Gasteiger partial charge >= 0.3 is 5.97 Å². The van der Waals surface area contributed by atoms with Crippen LogP contribution in [0.2, 0.25) is 0 Å². The average Bonchev–Trinajstić information content (AvgIpc) is 2.99. The molecule has 1 atom stereocenters. The van der Waals surface area contributed by atoms with Crippen molar-refractivity contribution in [1.29, 1.82) is 0 Å². The molecule has 0 bridgehead atoms. The first-order valence-corrected chi connectivity index (χ1v) is 9.68. The van der Waals surface area contributed by atoms with Gasteiger partial charge in [0.25, 0.3) is 11.7 Å². The zero-order valence-electron chi connectivity index (χ0n) is 17.2. The number of hydrogen-bond donors (Lipinski definition) is 3. The van der Waals surface area contributed by atoms with Gasteiger partial charge in [0, 0.05) is 18.5 Å². The molecule has 0 aliphatic carbocycles. The Balaban J connectivity index is 2.14. The van der Waals surface area contributed by atoms with Gasteiger partial charge in [0.2, 0.25) is 0 Å². The highest BCUT2D eigenvalue weighted by Crippen LogP contribution is 2.41. The third kappa shape index (κ3) is 4.37. The molecule has 1 saturated heterocycles. The minimum atomic E-state index is -1.01. The van der Waals surface area contributed by atoms with Crippen molar-refractivity contribution in [3.05, 3.63) is 64.7 Å². The highest BCUT2D eigenvalue weighted by molar-refractivity contribution is 6.46. The molecule has 31 heavy (non-hydrogen) atoms. The number of aromatic hydroxyl groups is 1. The van der Waals surface area contributed by atoms with Crippen molar-refractivity contribution >= 4 is 23.4 Å². The Kier molecular flexibility index (Phi) is 6.29. The van der Waals surface area contributed by atoms with E-state index in [0.717, 1.165) is 5.56 Å².